The van der Waals surface area contributed by atoms with Gasteiger partial charge in [-0.1, -0.05) is 11.6 Å². The molecule has 1 amide bonds. The van der Waals surface area contributed by atoms with Gasteiger partial charge < -0.3 is 15.4 Å². The van der Waals surface area contributed by atoms with Crippen LogP contribution in [-0.4, -0.2) is 65.2 Å². The van der Waals surface area contributed by atoms with Crippen LogP contribution in [0.25, 0.3) is 11.4 Å². The molecule has 0 spiro atoms. The van der Waals surface area contributed by atoms with Crippen LogP contribution in [0.5, 0.6) is 0 Å². The van der Waals surface area contributed by atoms with Gasteiger partial charge in [-0.3, -0.25) is 14.7 Å². The normalized spacial score (nSPS) is 15.5. The number of benzene rings is 1. The molecule has 0 atom stereocenters. The molecule has 1 aromatic carbocycles. The van der Waals surface area contributed by atoms with Crippen LogP contribution >= 0.6 is 11.6 Å². The van der Waals surface area contributed by atoms with Crippen LogP contribution in [0.1, 0.15) is 34.5 Å². The molecule has 3 aromatic rings. The number of nitrogens with one attached hydrogen (secondary N) is 2. The number of ether oxygens (including phenoxy) is 1. The van der Waals surface area contributed by atoms with E-state index in [1.165, 1.54) is 18.2 Å². The Morgan fingerprint density at radius 2 is 2.03 bits per heavy atom. The average molecular weight is 511 g/mol. The van der Waals surface area contributed by atoms with Crippen LogP contribution in [0.3, 0.4) is 0 Å². The van der Waals surface area contributed by atoms with Crippen molar-refractivity contribution in [3.05, 3.63) is 64.3 Å². The van der Waals surface area contributed by atoms with Crippen LogP contribution in [0.4, 0.5) is 15.9 Å². The van der Waals surface area contributed by atoms with Crippen molar-refractivity contribution < 1.29 is 13.9 Å². The monoisotopic (exact) mass is 510 g/mol. The lowest BCUT2D eigenvalue weighted by Gasteiger charge is -2.26. The van der Waals surface area contributed by atoms with Gasteiger partial charge in [0, 0.05) is 48.3 Å². The van der Waals surface area contributed by atoms with E-state index in [0.717, 1.165) is 69.8 Å². The Kier molecular flexibility index (Phi) is 7.69. The van der Waals surface area contributed by atoms with Crippen molar-refractivity contribution in [2.75, 3.05) is 44.7 Å². The van der Waals surface area contributed by atoms with Gasteiger partial charge in [-0.2, -0.15) is 0 Å². The molecule has 0 unspecified atom stereocenters. The number of morpholine rings is 1. The number of amides is 1. The van der Waals surface area contributed by atoms with Crippen molar-refractivity contribution in [3.63, 3.8) is 0 Å². The van der Waals surface area contributed by atoms with Crippen LogP contribution < -0.4 is 10.6 Å². The summed E-state index contributed by atoms with van der Waals surface area (Å²) in [6.45, 7) is 4.85. The fourth-order valence-corrected chi connectivity index (χ4v) is 4.73. The summed E-state index contributed by atoms with van der Waals surface area (Å²) in [5.41, 5.74) is 3.11. The van der Waals surface area contributed by atoms with Crippen molar-refractivity contribution in [1.82, 2.24) is 25.2 Å². The third kappa shape index (κ3) is 5.64. The third-order valence-corrected chi connectivity index (χ3v) is 6.70. The zero-order valence-corrected chi connectivity index (χ0v) is 20.7. The minimum Gasteiger partial charge on any atom is -0.379 e. The highest BCUT2D eigenvalue weighted by atomic mass is 35.5. The van der Waals surface area contributed by atoms with Gasteiger partial charge in [0.1, 0.15) is 11.6 Å². The summed E-state index contributed by atoms with van der Waals surface area (Å²) >= 11 is 6.11. The fourth-order valence-electron chi connectivity index (χ4n) is 4.56. The molecule has 1 aliphatic heterocycles. The van der Waals surface area contributed by atoms with E-state index in [2.05, 4.69) is 30.5 Å². The van der Waals surface area contributed by atoms with Crippen molar-refractivity contribution >= 4 is 29.0 Å². The summed E-state index contributed by atoms with van der Waals surface area (Å²) in [6, 6.07) is 6.08. The van der Waals surface area contributed by atoms with Crippen molar-refractivity contribution in [2.45, 2.75) is 25.7 Å². The van der Waals surface area contributed by atoms with Gasteiger partial charge >= 0.3 is 0 Å². The van der Waals surface area contributed by atoms with Crippen LogP contribution in [-0.2, 0) is 17.6 Å². The topological polar surface area (TPSA) is 92.3 Å². The largest absolute Gasteiger partial charge is 0.379 e. The van der Waals surface area contributed by atoms with E-state index >= 15 is 0 Å². The Balaban J connectivity index is 1.33. The second kappa shape index (κ2) is 11.3. The first kappa shape index (κ1) is 24.5. The van der Waals surface area contributed by atoms with E-state index in [9.17, 15) is 9.18 Å². The number of pyridine rings is 1. The number of hydrogen-bond donors (Lipinski definition) is 2. The molecule has 1 fully saturated rings. The van der Waals surface area contributed by atoms with E-state index in [1.807, 2.05) is 0 Å². The Bertz CT molecular complexity index is 1250. The number of hydrogen-bond acceptors (Lipinski definition) is 7. The minimum atomic E-state index is -0.440. The van der Waals surface area contributed by atoms with Crippen LogP contribution in [0.2, 0.25) is 5.02 Å². The molecule has 5 rings (SSSR count). The Morgan fingerprint density at radius 3 is 2.89 bits per heavy atom. The molecule has 1 saturated heterocycles. The standard InChI is InChI=1S/C26H28ClFN6O2/c27-17-5-6-21(28)19(15-17)25-31-22-4-1-3-18(22)24(33-25)32-23-7-9-29-16-20(23)26(35)30-8-2-10-34-11-13-36-14-12-34/h5-7,9,15-16H,1-4,8,10-14H2,(H,30,35)(H,29,31,32,33). The number of aryl methyl sites for hydroxylation is 1. The number of anilines is 2. The highest BCUT2D eigenvalue weighted by Crippen LogP contribution is 2.33. The Labute approximate surface area is 214 Å². The van der Waals surface area contributed by atoms with E-state index < -0.39 is 5.82 Å². The van der Waals surface area contributed by atoms with Crippen molar-refractivity contribution in [1.29, 1.82) is 0 Å². The molecule has 36 heavy (non-hydrogen) atoms. The molecule has 0 saturated carbocycles. The predicted molar refractivity (Wildman–Crippen MR) is 136 cm³/mol. The number of carbonyl (C=O) groups is 1. The summed E-state index contributed by atoms with van der Waals surface area (Å²) in [5, 5.41) is 6.71. The highest BCUT2D eigenvalue weighted by Gasteiger charge is 2.23. The first-order valence-corrected chi connectivity index (χ1v) is 12.6. The molecule has 2 N–H and O–H groups in total. The molecule has 2 aliphatic rings. The first-order chi connectivity index (χ1) is 17.6. The van der Waals surface area contributed by atoms with Gasteiger partial charge in [-0.25, -0.2) is 14.4 Å². The highest BCUT2D eigenvalue weighted by molar-refractivity contribution is 6.30. The molecular formula is C26H28ClFN6O2. The molecular weight excluding hydrogens is 483 g/mol. The fraction of sp³-hybridized carbons (Fsp3) is 0.385. The first-order valence-electron chi connectivity index (χ1n) is 12.2. The second-order valence-electron chi connectivity index (χ2n) is 8.91. The molecule has 10 heteroatoms. The maximum absolute atomic E-state index is 14.6. The zero-order valence-electron chi connectivity index (χ0n) is 19.9. The maximum Gasteiger partial charge on any atom is 0.254 e. The van der Waals surface area contributed by atoms with Crippen LogP contribution in [0.15, 0.2) is 36.7 Å². The molecule has 2 aromatic heterocycles. The molecule has 3 heterocycles. The average Bonchev–Trinajstić information content (AvgIpc) is 3.38. The summed E-state index contributed by atoms with van der Waals surface area (Å²) in [5.74, 6) is 0.185. The van der Waals surface area contributed by atoms with Crippen molar-refractivity contribution in [2.24, 2.45) is 0 Å². The summed E-state index contributed by atoms with van der Waals surface area (Å²) in [6.07, 6.45) is 6.55. The van der Waals surface area contributed by atoms with Gasteiger partial charge in [0.2, 0.25) is 0 Å². The van der Waals surface area contributed by atoms with E-state index in [-0.39, 0.29) is 17.3 Å². The molecule has 188 valence electrons. The van der Waals surface area contributed by atoms with E-state index in [1.54, 1.807) is 18.5 Å². The number of carbonyl (C=O) groups excluding carboxylic acids is 1. The quantitative estimate of drug-likeness (QED) is 0.442. The van der Waals surface area contributed by atoms with Gasteiger partial charge in [0.05, 0.1) is 30.0 Å². The molecule has 8 nitrogen and oxygen atoms in total. The SMILES string of the molecule is O=C(NCCCN1CCOCC1)c1cnccc1Nc1nc(-c2cc(Cl)ccc2F)nc2c1CCC2. The number of nitrogens with zero attached hydrogens (tertiary/aromatic N) is 4. The second-order valence-corrected chi connectivity index (χ2v) is 9.34. The summed E-state index contributed by atoms with van der Waals surface area (Å²) < 4.78 is 19.9. The lowest BCUT2D eigenvalue weighted by molar-refractivity contribution is 0.0374. The minimum absolute atomic E-state index is 0.209. The maximum atomic E-state index is 14.6. The number of halogens is 2. The van der Waals surface area contributed by atoms with E-state index in [0.29, 0.717) is 28.6 Å². The number of rotatable bonds is 8. The zero-order chi connectivity index (χ0) is 24.9. The van der Waals surface area contributed by atoms with Gasteiger partial charge in [0.15, 0.2) is 5.82 Å². The Morgan fingerprint density at radius 1 is 1.17 bits per heavy atom. The summed E-state index contributed by atoms with van der Waals surface area (Å²) in [7, 11) is 0. The predicted octanol–water partition coefficient (Wildman–Crippen LogP) is 4.02. The third-order valence-electron chi connectivity index (χ3n) is 6.46. The summed E-state index contributed by atoms with van der Waals surface area (Å²) in [4.78, 5) is 28.7. The number of aromatic nitrogens is 3. The van der Waals surface area contributed by atoms with Gasteiger partial charge in [-0.15, -0.1) is 0 Å². The van der Waals surface area contributed by atoms with Gasteiger partial charge in [0.25, 0.3) is 5.91 Å². The van der Waals surface area contributed by atoms with E-state index in [4.69, 9.17) is 16.3 Å². The molecule has 1 aliphatic carbocycles. The van der Waals surface area contributed by atoms with Gasteiger partial charge in [-0.05, 0) is 56.5 Å². The lowest BCUT2D eigenvalue weighted by atomic mass is 10.1. The molecule has 0 bridgehead atoms. The number of fused-ring (bicyclic) bond motifs is 1. The van der Waals surface area contributed by atoms with Crippen LogP contribution in [0, 0.1) is 5.82 Å². The smallest absolute Gasteiger partial charge is 0.254 e. The Hall–Kier alpha value is -3.14. The molecule has 0 radical (unpaired) electrons. The lowest BCUT2D eigenvalue weighted by Crippen LogP contribution is -2.38. The van der Waals surface area contributed by atoms with Crippen molar-refractivity contribution in [3.8, 4) is 11.4 Å².